The summed E-state index contributed by atoms with van der Waals surface area (Å²) in [4.78, 5) is 24.5. The molecule has 0 saturated carbocycles. The first-order valence-electron chi connectivity index (χ1n) is 8.69. The first-order valence-corrected chi connectivity index (χ1v) is 8.69. The van der Waals surface area contributed by atoms with Gasteiger partial charge in [-0.15, -0.1) is 0 Å². The van der Waals surface area contributed by atoms with E-state index < -0.39 is 12.1 Å². The number of hydrogen-bond acceptors (Lipinski definition) is 6. The quantitative estimate of drug-likeness (QED) is 0.810. The summed E-state index contributed by atoms with van der Waals surface area (Å²) in [5.41, 5.74) is 1.37. The number of benzene rings is 1. The van der Waals surface area contributed by atoms with E-state index >= 15 is 0 Å². The molecule has 7 heteroatoms. The summed E-state index contributed by atoms with van der Waals surface area (Å²) in [6.45, 7) is 6.63. The van der Waals surface area contributed by atoms with Crippen LogP contribution in [0.4, 0.5) is 0 Å². The van der Waals surface area contributed by atoms with Gasteiger partial charge in [-0.2, -0.15) is 0 Å². The van der Waals surface area contributed by atoms with Gasteiger partial charge >= 0.3 is 5.97 Å². The zero-order chi connectivity index (χ0) is 18.7. The molecule has 2 atom stereocenters. The van der Waals surface area contributed by atoms with E-state index in [1.54, 1.807) is 13.8 Å². The Kier molecular flexibility index (Phi) is 5.35. The van der Waals surface area contributed by atoms with Crippen LogP contribution in [0.2, 0.25) is 0 Å². The Balaban J connectivity index is 1.58. The molecule has 2 heterocycles. The maximum Gasteiger partial charge on any atom is 0.338 e. The molecule has 26 heavy (non-hydrogen) atoms. The monoisotopic (exact) mass is 361 g/mol. The summed E-state index contributed by atoms with van der Waals surface area (Å²) in [6, 6.07) is 5.28. The Hall–Kier alpha value is -2.70. The van der Waals surface area contributed by atoms with Crippen LogP contribution in [0.25, 0.3) is 0 Å². The van der Waals surface area contributed by atoms with Crippen molar-refractivity contribution >= 4 is 11.9 Å². The third-order valence-electron chi connectivity index (χ3n) is 4.42. The van der Waals surface area contributed by atoms with E-state index in [0.717, 1.165) is 5.56 Å². The van der Waals surface area contributed by atoms with Gasteiger partial charge in [0.15, 0.2) is 17.6 Å². The predicted molar refractivity (Wildman–Crippen MR) is 92.8 cm³/mol. The molecule has 0 radical (unpaired) electrons. The second-order valence-corrected chi connectivity index (χ2v) is 6.31. The molecular weight excluding hydrogens is 338 g/mol. The Bertz CT molecular complexity index is 742. The average molecular weight is 361 g/mol. The molecule has 0 fully saturated rings. The van der Waals surface area contributed by atoms with E-state index in [4.69, 9.17) is 18.9 Å². The summed E-state index contributed by atoms with van der Waals surface area (Å²) in [7, 11) is 0. The molecule has 1 amide bonds. The summed E-state index contributed by atoms with van der Waals surface area (Å²) in [6.07, 6.45) is -0.393. The fourth-order valence-corrected chi connectivity index (χ4v) is 2.84. The van der Waals surface area contributed by atoms with Gasteiger partial charge in [0.05, 0.1) is 18.2 Å². The van der Waals surface area contributed by atoms with Crippen molar-refractivity contribution < 1.29 is 28.5 Å². The van der Waals surface area contributed by atoms with E-state index in [1.165, 1.54) is 0 Å². The molecule has 0 spiro atoms. The number of rotatable bonds is 5. The van der Waals surface area contributed by atoms with Crippen LogP contribution in [-0.4, -0.2) is 37.8 Å². The van der Waals surface area contributed by atoms with Crippen LogP contribution in [-0.2, 0) is 19.1 Å². The summed E-state index contributed by atoms with van der Waals surface area (Å²) >= 11 is 0. The lowest BCUT2D eigenvalue weighted by Crippen LogP contribution is -2.37. The number of carbonyl (C=O) groups excluding carboxylic acids is 2. The first-order chi connectivity index (χ1) is 12.5. The number of hydrogen-bond donors (Lipinski definition) is 1. The average Bonchev–Trinajstić information content (AvgIpc) is 3.07. The second-order valence-electron chi connectivity index (χ2n) is 6.31. The minimum absolute atomic E-state index is 0.268. The van der Waals surface area contributed by atoms with E-state index in [1.807, 2.05) is 25.1 Å². The van der Waals surface area contributed by atoms with Crippen molar-refractivity contribution in [2.45, 2.75) is 39.3 Å². The third kappa shape index (κ3) is 3.92. The van der Waals surface area contributed by atoms with Gasteiger partial charge < -0.3 is 24.3 Å². The largest absolute Gasteiger partial charge is 0.497 e. The zero-order valence-corrected chi connectivity index (χ0v) is 15.2. The van der Waals surface area contributed by atoms with Crippen LogP contribution in [0.15, 0.2) is 29.5 Å². The zero-order valence-electron chi connectivity index (χ0n) is 15.2. The number of allylic oxidation sites excluding steroid dienone is 1. The van der Waals surface area contributed by atoms with Crippen molar-refractivity contribution in [2.24, 2.45) is 0 Å². The van der Waals surface area contributed by atoms with Crippen molar-refractivity contribution in [1.82, 2.24) is 5.32 Å². The topological polar surface area (TPSA) is 83.1 Å². The SMILES string of the molecule is CC1=C(C(=O)OC(C)C(=O)NC(C)c2ccc3c(c2)OCCO3)CCO1. The highest BCUT2D eigenvalue weighted by atomic mass is 16.6. The van der Waals surface area contributed by atoms with Crippen molar-refractivity contribution in [1.29, 1.82) is 0 Å². The molecule has 7 nitrogen and oxygen atoms in total. The minimum atomic E-state index is -0.900. The molecular formula is C19H23NO6. The van der Waals surface area contributed by atoms with Gasteiger partial charge in [-0.3, -0.25) is 4.79 Å². The number of nitrogens with one attached hydrogen (secondary N) is 1. The molecule has 1 N–H and O–H groups in total. The molecule has 0 aromatic heterocycles. The first kappa shape index (κ1) is 18.1. The van der Waals surface area contributed by atoms with Crippen molar-refractivity contribution in [3.63, 3.8) is 0 Å². The molecule has 3 rings (SSSR count). The smallest absolute Gasteiger partial charge is 0.338 e. The third-order valence-corrected chi connectivity index (χ3v) is 4.42. The summed E-state index contributed by atoms with van der Waals surface area (Å²) in [5.74, 6) is 1.06. The van der Waals surface area contributed by atoms with Crippen molar-refractivity contribution in [3.05, 3.63) is 35.1 Å². The van der Waals surface area contributed by atoms with Gasteiger partial charge in [-0.25, -0.2) is 4.79 Å². The molecule has 0 aliphatic carbocycles. The normalized spacial score (nSPS) is 18.0. The van der Waals surface area contributed by atoms with Crippen LogP contribution in [0.5, 0.6) is 11.5 Å². The van der Waals surface area contributed by atoms with Crippen LogP contribution < -0.4 is 14.8 Å². The molecule has 1 aromatic carbocycles. The standard InChI is InChI=1S/C19H23NO6/c1-11(14-4-5-16-17(10-14)25-9-8-24-16)20-18(21)13(3)26-19(22)15-6-7-23-12(15)2/h4-5,10-11,13H,6-9H2,1-3H3,(H,20,21). The van der Waals surface area contributed by atoms with Gasteiger partial charge in [0.1, 0.15) is 19.0 Å². The van der Waals surface area contributed by atoms with E-state index in [0.29, 0.717) is 49.1 Å². The van der Waals surface area contributed by atoms with Gasteiger partial charge in [-0.1, -0.05) is 6.07 Å². The van der Waals surface area contributed by atoms with E-state index in [-0.39, 0.29) is 11.9 Å². The minimum Gasteiger partial charge on any atom is -0.497 e. The molecule has 1 aromatic rings. The number of fused-ring (bicyclic) bond motifs is 1. The molecule has 2 aliphatic rings. The Morgan fingerprint density at radius 3 is 2.50 bits per heavy atom. The summed E-state index contributed by atoms with van der Waals surface area (Å²) < 4.78 is 21.6. The Labute approximate surface area is 152 Å². The lowest BCUT2D eigenvalue weighted by atomic mass is 10.1. The highest BCUT2D eigenvalue weighted by molar-refractivity contribution is 5.92. The molecule has 0 saturated heterocycles. The van der Waals surface area contributed by atoms with Gasteiger partial charge in [0.2, 0.25) is 0 Å². The van der Waals surface area contributed by atoms with E-state index in [9.17, 15) is 9.59 Å². The maximum atomic E-state index is 12.4. The fourth-order valence-electron chi connectivity index (χ4n) is 2.84. The van der Waals surface area contributed by atoms with Crippen LogP contribution in [0.3, 0.4) is 0 Å². The highest BCUT2D eigenvalue weighted by Gasteiger charge is 2.26. The number of carbonyl (C=O) groups is 2. The highest BCUT2D eigenvalue weighted by Crippen LogP contribution is 2.32. The predicted octanol–water partition coefficient (Wildman–Crippen LogP) is 2.26. The molecule has 0 bridgehead atoms. The van der Waals surface area contributed by atoms with Gasteiger partial charge in [0, 0.05) is 6.42 Å². The van der Waals surface area contributed by atoms with Crippen LogP contribution in [0.1, 0.15) is 38.8 Å². The Morgan fingerprint density at radius 2 is 1.81 bits per heavy atom. The number of ether oxygens (including phenoxy) is 4. The van der Waals surface area contributed by atoms with Crippen LogP contribution >= 0.6 is 0 Å². The molecule has 140 valence electrons. The lowest BCUT2D eigenvalue weighted by Gasteiger charge is -2.22. The number of amides is 1. The van der Waals surface area contributed by atoms with Gasteiger partial charge in [-0.05, 0) is 38.5 Å². The molecule has 2 unspecified atom stereocenters. The fraction of sp³-hybridized carbons (Fsp3) is 0.474. The summed E-state index contributed by atoms with van der Waals surface area (Å²) in [5, 5.41) is 2.85. The number of esters is 1. The van der Waals surface area contributed by atoms with E-state index in [2.05, 4.69) is 5.32 Å². The van der Waals surface area contributed by atoms with Crippen molar-refractivity contribution in [2.75, 3.05) is 19.8 Å². The second kappa shape index (κ2) is 7.68. The maximum absolute atomic E-state index is 12.4. The van der Waals surface area contributed by atoms with Crippen LogP contribution in [0, 0.1) is 0 Å². The van der Waals surface area contributed by atoms with Crippen molar-refractivity contribution in [3.8, 4) is 11.5 Å². The van der Waals surface area contributed by atoms with Gasteiger partial charge in [0.25, 0.3) is 5.91 Å². The molecule has 2 aliphatic heterocycles. The Morgan fingerprint density at radius 1 is 1.08 bits per heavy atom. The lowest BCUT2D eigenvalue weighted by molar-refractivity contribution is -0.151.